The van der Waals surface area contributed by atoms with Crippen LogP contribution in [-0.2, 0) is 13.2 Å². The largest absolute Gasteiger partial charge is 0.488 e. The first-order chi connectivity index (χ1) is 8.70. The Hall–Kier alpha value is -1.81. The van der Waals surface area contributed by atoms with Crippen molar-refractivity contribution in [2.45, 2.75) is 33.0 Å². The van der Waals surface area contributed by atoms with E-state index in [1.807, 2.05) is 48.3 Å². The molecule has 0 radical (unpaired) electrons. The van der Waals surface area contributed by atoms with Crippen molar-refractivity contribution >= 4 is 0 Å². The smallest absolute Gasteiger partial charge is 0.124 e. The van der Waals surface area contributed by atoms with Gasteiger partial charge in [-0.05, 0) is 19.9 Å². The van der Waals surface area contributed by atoms with Crippen LogP contribution in [0.3, 0.4) is 0 Å². The van der Waals surface area contributed by atoms with Crippen LogP contribution in [0.15, 0.2) is 36.7 Å². The van der Waals surface area contributed by atoms with Crippen molar-refractivity contribution in [2.24, 2.45) is 5.73 Å². The Morgan fingerprint density at radius 2 is 2.17 bits per heavy atom. The summed E-state index contributed by atoms with van der Waals surface area (Å²) in [6, 6.07) is 7.84. The van der Waals surface area contributed by atoms with Gasteiger partial charge in [0.25, 0.3) is 0 Å². The van der Waals surface area contributed by atoms with Gasteiger partial charge in [-0.1, -0.05) is 18.2 Å². The molecule has 0 fully saturated rings. The maximum atomic E-state index is 5.91. The second kappa shape index (κ2) is 5.69. The van der Waals surface area contributed by atoms with Crippen molar-refractivity contribution in [1.82, 2.24) is 9.78 Å². The first-order valence-electron chi connectivity index (χ1n) is 6.19. The molecule has 18 heavy (non-hydrogen) atoms. The van der Waals surface area contributed by atoms with Crippen LogP contribution in [0.5, 0.6) is 5.75 Å². The summed E-state index contributed by atoms with van der Waals surface area (Å²) in [6.45, 7) is 5.40. The molecule has 1 heterocycles. The minimum absolute atomic E-state index is 0.0282. The number of ether oxygens (including phenoxy) is 1. The van der Waals surface area contributed by atoms with Crippen LogP contribution in [0.25, 0.3) is 0 Å². The molecule has 96 valence electrons. The Morgan fingerprint density at radius 3 is 2.83 bits per heavy atom. The molecule has 2 rings (SSSR count). The highest BCUT2D eigenvalue weighted by atomic mass is 16.5. The zero-order valence-corrected chi connectivity index (χ0v) is 10.8. The lowest BCUT2D eigenvalue weighted by molar-refractivity contribution is 0.301. The summed E-state index contributed by atoms with van der Waals surface area (Å²) in [5.41, 5.74) is 8.01. The van der Waals surface area contributed by atoms with Crippen molar-refractivity contribution in [2.75, 3.05) is 0 Å². The molecular formula is C14H19N3O. The van der Waals surface area contributed by atoms with E-state index in [1.54, 1.807) is 0 Å². The number of rotatable bonds is 5. The Labute approximate surface area is 107 Å². The Bertz CT molecular complexity index is 505. The molecule has 1 aromatic heterocycles. The molecule has 2 aromatic rings. The standard InChI is InChI=1S/C14H19N3O/c1-3-17-9-12(8-16-17)10-18-14-7-5-4-6-13(14)11(2)15/h4-9,11H,3,10,15H2,1-2H3/t11-/m1/s1. The predicted octanol–water partition coefficient (Wildman–Crippen LogP) is 2.50. The average Bonchev–Trinajstić information content (AvgIpc) is 2.84. The van der Waals surface area contributed by atoms with E-state index in [0.29, 0.717) is 6.61 Å². The van der Waals surface area contributed by atoms with E-state index >= 15 is 0 Å². The van der Waals surface area contributed by atoms with Gasteiger partial charge in [0.2, 0.25) is 0 Å². The number of nitrogens with zero attached hydrogens (tertiary/aromatic N) is 2. The fourth-order valence-corrected chi connectivity index (χ4v) is 1.80. The van der Waals surface area contributed by atoms with Gasteiger partial charge >= 0.3 is 0 Å². The van der Waals surface area contributed by atoms with Gasteiger partial charge in [-0.25, -0.2) is 0 Å². The molecule has 4 nitrogen and oxygen atoms in total. The number of hydrogen-bond donors (Lipinski definition) is 1. The van der Waals surface area contributed by atoms with Gasteiger partial charge in [0.05, 0.1) is 6.20 Å². The Morgan fingerprint density at radius 1 is 1.39 bits per heavy atom. The lowest BCUT2D eigenvalue weighted by Gasteiger charge is -2.13. The average molecular weight is 245 g/mol. The van der Waals surface area contributed by atoms with Crippen molar-refractivity contribution in [3.05, 3.63) is 47.8 Å². The zero-order valence-electron chi connectivity index (χ0n) is 10.8. The van der Waals surface area contributed by atoms with Gasteiger partial charge < -0.3 is 10.5 Å². The maximum Gasteiger partial charge on any atom is 0.124 e. The summed E-state index contributed by atoms with van der Waals surface area (Å²) in [4.78, 5) is 0. The third-order valence-corrected chi connectivity index (χ3v) is 2.81. The predicted molar refractivity (Wildman–Crippen MR) is 71.3 cm³/mol. The monoisotopic (exact) mass is 245 g/mol. The molecule has 1 aromatic carbocycles. The molecule has 0 bridgehead atoms. The third-order valence-electron chi connectivity index (χ3n) is 2.81. The van der Waals surface area contributed by atoms with E-state index in [9.17, 15) is 0 Å². The molecular weight excluding hydrogens is 226 g/mol. The summed E-state index contributed by atoms with van der Waals surface area (Å²) >= 11 is 0. The normalized spacial score (nSPS) is 12.4. The lowest BCUT2D eigenvalue weighted by Crippen LogP contribution is -2.07. The van der Waals surface area contributed by atoms with Gasteiger partial charge in [0.1, 0.15) is 12.4 Å². The highest BCUT2D eigenvalue weighted by Crippen LogP contribution is 2.23. The van der Waals surface area contributed by atoms with Crippen LogP contribution in [0.2, 0.25) is 0 Å². The van der Waals surface area contributed by atoms with Crippen molar-refractivity contribution < 1.29 is 4.74 Å². The summed E-state index contributed by atoms with van der Waals surface area (Å²) in [6.07, 6.45) is 3.83. The third kappa shape index (κ3) is 2.90. The van der Waals surface area contributed by atoms with Gasteiger partial charge in [-0.15, -0.1) is 0 Å². The topological polar surface area (TPSA) is 53.1 Å². The lowest BCUT2D eigenvalue weighted by atomic mass is 10.1. The highest BCUT2D eigenvalue weighted by molar-refractivity contribution is 5.35. The second-order valence-corrected chi connectivity index (χ2v) is 4.32. The Kier molecular flexibility index (Phi) is 3.99. The van der Waals surface area contributed by atoms with Crippen molar-refractivity contribution in [1.29, 1.82) is 0 Å². The van der Waals surface area contributed by atoms with E-state index in [-0.39, 0.29) is 6.04 Å². The molecule has 2 N–H and O–H groups in total. The van der Waals surface area contributed by atoms with E-state index in [0.717, 1.165) is 23.4 Å². The number of para-hydroxylation sites is 1. The molecule has 0 saturated carbocycles. The summed E-state index contributed by atoms with van der Waals surface area (Å²) < 4.78 is 7.69. The molecule has 1 atom stereocenters. The molecule has 4 heteroatoms. The minimum atomic E-state index is -0.0282. The second-order valence-electron chi connectivity index (χ2n) is 4.32. The molecule has 0 spiro atoms. The highest BCUT2D eigenvalue weighted by Gasteiger charge is 2.07. The van der Waals surface area contributed by atoms with E-state index in [4.69, 9.17) is 10.5 Å². The van der Waals surface area contributed by atoms with Gasteiger partial charge in [0, 0.05) is 29.9 Å². The quantitative estimate of drug-likeness (QED) is 0.880. The van der Waals surface area contributed by atoms with Gasteiger partial charge in [-0.2, -0.15) is 5.10 Å². The van der Waals surface area contributed by atoms with Crippen LogP contribution in [0.4, 0.5) is 0 Å². The molecule has 0 amide bonds. The first kappa shape index (κ1) is 12.6. The Balaban J connectivity index is 2.05. The van der Waals surface area contributed by atoms with Gasteiger partial charge in [-0.3, -0.25) is 4.68 Å². The van der Waals surface area contributed by atoms with E-state index in [1.165, 1.54) is 0 Å². The van der Waals surface area contributed by atoms with Crippen molar-refractivity contribution in [3.8, 4) is 5.75 Å². The summed E-state index contributed by atoms with van der Waals surface area (Å²) in [5.74, 6) is 0.844. The minimum Gasteiger partial charge on any atom is -0.488 e. The van der Waals surface area contributed by atoms with Crippen LogP contribution in [-0.4, -0.2) is 9.78 Å². The van der Waals surface area contributed by atoms with Gasteiger partial charge in [0.15, 0.2) is 0 Å². The zero-order chi connectivity index (χ0) is 13.0. The summed E-state index contributed by atoms with van der Waals surface area (Å²) in [7, 11) is 0. The molecule has 0 aliphatic heterocycles. The molecule has 0 aliphatic rings. The van der Waals surface area contributed by atoms with Crippen LogP contribution >= 0.6 is 0 Å². The number of hydrogen-bond acceptors (Lipinski definition) is 3. The van der Waals surface area contributed by atoms with Crippen molar-refractivity contribution in [3.63, 3.8) is 0 Å². The first-order valence-corrected chi connectivity index (χ1v) is 6.19. The fourth-order valence-electron chi connectivity index (χ4n) is 1.80. The molecule has 0 unspecified atom stereocenters. The fraction of sp³-hybridized carbons (Fsp3) is 0.357. The SMILES string of the molecule is CCn1cc(COc2ccccc2[C@@H](C)N)cn1. The van der Waals surface area contributed by atoms with E-state index in [2.05, 4.69) is 12.0 Å². The number of aromatic nitrogens is 2. The molecule has 0 aliphatic carbocycles. The van der Waals surface area contributed by atoms with Crippen LogP contribution < -0.4 is 10.5 Å². The van der Waals surface area contributed by atoms with Crippen LogP contribution in [0.1, 0.15) is 31.0 Å². The van der Waals surface area contributed by atoms with Crippen LogP contribution in [0, 0.1) is 0 Å². The number of benzene rings is 1. The van der Waals surface area contributed by atoms with E-state index < -0.39 is 0 Å². The number of aryl methyl sites for hydroxylation is 1. The maximum absolute atomic E-state index is 5.91. The summed E-state index contributed by atoms with van der Waals surface area (Å²) in [5, 5.41) is 4.22. The molecule has 0 saturated heterocycles. The number of nitrogens with two attached hydrogens (primary N) is 1.